The Labute approximate surface area is 160 Å². The van der Waals surface area contributed by atoms with E-state index in [9.17, 15) is 13.5 Å². The zero-order valence-electron chi connectivity index (χ0n) is 14.6. The highest BCUT2D eigenvalue weighted by molar-refractivity contribution is 7.88. The minimum absolute atomic E-state index is 0.00458. The molecule has 6 nitrogen and oxygen atoms in total. The third kappa shape index (κ3) is 3.14. The molecule has 1 unspecified atom stereocenters. The molecule has 1 aliphatic heterocycles. The zero-order chi connectivity index (χ0) is 19.6. The van der Waals surface area contributed by atoms with Gasteiger partial charge in [0.25, 0.3) is 5.92 Å². The van der Waals surface area contributed by atoms with Gasteiger partial charge in [-0.2, -0.15) is 5.10 Å². The van der Waals surface area contributed by atoms with Crippen LogP contribution in [0.1, 0.15) is 24.5 Å². The van der Waals surface area contributed by atoms with E-state index in [1.54, 1.807) is 6.07 Å². The van der Waals surface area contributed by atoms with Gasteiger partial charge in [0.1, 0.15) is 6.10 Å². The number of halogens is 3. The molecule has 1 aromatic heterocycles. The molecule has 1 aliphatic carbocycles. The van der Waals surface area contributed by atoms with E-state index in [0.717, 1.165) is 6.26 Å². The Morgan fingerprint density at radius 1 is 1.33 bits per heavy atom. The number of rotatable bonds is 4. The highest BCUT2D eigenvalue weighted by Gasteiger charge is 2.59. The van der Waals surface area contributed by atoms with Gasteiger partial charge < -0.3 is 5.11 Å². The number of aliphatic hydroxyl groups is 1. The molecule has 2 heterocycles. The first-order valence-corrected chi connectivity index (χ1v) is 10.9. The van der Waals surface area contributed by atoms with Crippen LogP contribution in [0.3, 0.4) is 0 Å². The van der Waals surface area contributed by atoms with Crippen LogP contribution in [-0.4, -0.2) is 53.3 Å². The van der Waals surface area contributed by atoms with Crippen molar-refractivity contribution in [2.75, 3.05) is 19.3 Å². The minimum atomic E-state index is -3.42. The van der Waals surface area contributed by atoms with Crippen LogP contribution in [0.25, 0.3) is 10.9 Å². The molecule has 2 bridgehead atoms. The predicted octanol–water partition coefficient (Wildman–Crippen LogP) is 2.80. The normalized spacial score (nSPS) is 28.0. The lowest BCUT2D eigenvalue weighted by atomic mass is 9.77. The number of alkyl halides is 2. The summed E-state index contributed by atoms with van der Waals surface area (Å²) in [5.41, 5.74) is 0.331. The van der Waals surface area contributed by atoms with Crippen LogP contribution in [0.4, 0.5) is 8.78 Å². The Kier molecular flexibility index (Phi) is 4.49. The van der Waals surface area contributed by atoms with Crippen LogP contribution in [0.2, 0.25) is 5.02 Å². The van der Waals surface area contributed by atoms with Crippen LogP contribution in [-0.2, 0) is 10.0 Å². The maximum atomic E-state index is 15.4. The molecule has 0 radical (unpaired) electrons. The number of H-pyrrole nitrogens is 1. The van der Waals surface area contributed by atoms with Crippen LogP contribution in [0.15, 0.2) is 18.3 Å². The van der Waals surface area contributed by atoms with Gasteiger partial charge in [0.05, 0.1) is 18.0 Å². The van der Waals surface area contributed by atoms with E-state index in [0.29, 0.717) is 23.7 Å². The number of aromatic amines is 1. The Bertz CT molecular complexity index is 967. The number of hydrogen-bond donors (Lipinski definition) is 2. The van der Waals surface area contributed by atoms with Crippen LogP contribution >= 0.6 is 11.6 Å². The molecule has 27 heavy (non-hydrogen) atoms. The topological polar surface area (TPSA) is 86.3 Å². The number of aliphatic hydroxyl groups excluding tert-OH is 1. The standard InChI is InChI=1S/C17H20ClF2N3O3S/c1-27(25,26)23-7-9-2-3-10(8-23)14(9)17(19,20)16(24)13-5-12(18)4-11-6-21-22-15(11)13/h4-6,9-10,14,16,24H,2-3,7-8H2,1H3,(H,21,22)/t9-,10+,14+,16?. The second-order valence-electron chi connectivity index (χ2n) is 7.61. The third-order valence-electron chi connectivity index (χ3n) is 5.92. The third-order valence-corrected chi connectivity index (χ3v) is 7.37. The molecule has 1 saturated heterocycles. The van der Waals surface area contributed by atoms with Crippen molar-refractivity contribution >= 4 is 32.5 Å². The van der Waals surface area contributed by atoms with E-state index in [1.165, 1.54) is 16.6 Å². The molecule has 4 atom stereocenters. The number of aromatic nitrogens is 2. The largest absolute Gasteiger partial charge is 0.382 e. The van der Waals surface area contributed by atoms with E-state index < -0.39 is 39.8 Å². The van der Waals surface area contributed by atoms with Crippen molar-refractivity contribution in [1.82, 2.24) is 14.5 Å². The van der Waals surface area contributed by atoms with Gasteiger partial charge in [-0.15, -0.1) is 0 Å². The number of sulfonamides is 1. The van der Waals surface area contributed by atoms with Gasteiger partial charge in [0.2, 0.25) is 10.0 Å². The number of piperidine rings is 1. The van der Waals surface area contributed by atoms with E-state index >= 15 is 8.78 Å². The second kappa shape index (κ2) is 6.37. The molecule has 4 rings (SSSR count). The summed E-state index contributed by atoms with van der Waals surface area (Å²) in [6.45, 7) is 0.134. The summed E-state index contributed by atoms with van der Waals surface area (Å²) in [6, 6.07) is 2.91. The van der Waals surface area contributed by atoms with E-state index in [-0.39, 0.29) is 23.7 Å². The van der Waals surface area contributed by atoms with Gasteiger partial charge >= 0.3 is 0 Å². The highest BCUT2D eigenvalue weighted by Crippen LogP contribution is 2.54. The number of benzene rings is 1. The minimum Gasteiger partial charge on any atom is -0.382 e. The molecule has 1 saturated carbocycles. The average Bonchev–Trinajstić information content (AvgIpc) is 3.14. The second-order valence-corrected chi connectivity index (χ2v) is 10.0. The molecule has 0 amide bonds. The molecular formula is C17H20ClF2N3O3S. The Morgan fingerprint density at radius 2 is 1.96 bits per heavy atom. The summed E-state index contributed by atoms with van der Waals surface area (Å²) in [7, 11) is -3.42. The maximum Gasteiger partial charge on any atom is 0.281 e. The van der Waals surface area contributed by atoms with Gasteiger partial charge in [0, 0.05) is 35.0 Å². The van der Waals surface area contributed by atoms with Gasteiger partial charge in [-0.25, -0.2) is 21.5 Å². The average molecular weight is 420 g/mol. The Balaban J connectivity index is 1.68. The van der Waals surface area contributed by atoms with Gasteiger partial charge in [-0.05, 0) is 36.8 Å². The zero-order valence-corrected chi connectivity index (χ0v) is 16.1. The Hall–Kier alpha value is -1.29. The van der Waals surface area contributed by atoms with Crippen molar-refractivity contribution in [3.63, 3.8) is 0 Å². The quantitative estimate of drug-likeness (QED) is 0.797. The van der Waals surface area contributed by atoms with Crippen molar-refractivity contribution < 1.29 is 22.3 Å². The van der Waals surface area contributed by atoms with Gasteiger partial charge in [-0.3, -0.25) is 5.10 Å². The summed E-state index contributed by atoms with van der Waals surface area (Å²) < 4.78 is 55.8. The lowest BCUT2D eigenvalue weighted by Crippen LogP contribution is -2.51. The molecule has 0 spiro atoms. The van der Waals surface area contributed by atoms with Crippen molar-refractivity contribution in [1.29, 1.82) is 0 Å². The van der Waals surface area contributed by atoms with Crippen LogP contribution in [0.5, 0.6) is 0 Å². The number of fused-ring (bicyclic) bond motifs is 3. The lowest BCUT2D eigenvalue weighted by Gasteiger charge is -2.42. The van der Waals surface area contributed by atoms with Crippen molar-refractivity contribution in [3.05, 3.63) is 28.9 Å². The predicted molar refractivity (Wildman–Crippen MR) is 97.1 cm³/mol. The molecule has 1 aromatic carbocycles. The molecule has 10 heteroatoms. The van der Waals surface area contributed by atoms with Gasteiger partial charge in [-0.1, -0.05) is 11.6 Å². The first kappa shape index (κ1) is 19.0. The molecule has 2 N–H and O–H groups in total. The molecule has 2 fully saturated rings. The summed E-state index contributed by atoms with van der Waals surface area (Å²) in [5.74, 6) is -5.47. The number of nitrogens with zero attached hydrogens (tertiary/aromatic N) is 2. The number of nitrogens with one attached hydrogen (secondary N) is 1. The molecule has 2 aliphatic rings. The van der Waals surface area contributed by atoms with Crippen molar-refractivity contribution in [3.8, 4) is 0 Å². The number of hydrogen-bond acceptors (Lipinski definition) is 4. The van der Waals surface area contributed by atoms with Crippen LogP contribution < -0.4 is 0 Å². The lowest BCUT2D eigenvalue weighted by molar-refractivity contribution is -0.176. The first-order valence-electron chi connectivity index (χ1n) is 8.72. The summed E-state index contributed by atoms with van der Waals surface area (Å²) in [4.78, 5) is 0. The summed E-state index contributed by atoms with van der Waals surface area (Å²) in [6.07, 6.45) is 1.55. The van der Waals surface area contributed by atoms with Crippen molar-refractivity contribution in [2.24, 2.45) is 17.8 Å². The van der Waals surface area contributed by atoms with Crippen molar-refractivity contribution in [2.45, 2.75) is 24.9 Å². The van der Waals surface area contributed by atoms with E-state index in [1.807, 2.05) is 0 Å². The summed E-state index contributed by atoms with van der Waals surface area (Å²) >= 11 is 6.03. The SMILES string of the molecule is CS(=O)(=O)N1C[C@H]2CC[C@@H](C1)[C@H]2C(F)(F)C(O)c1cc(Cl)cc2cn[nH]c12. The molecule has 148 valence electrons. The van der Waals surface area contributed by atoms with E-state index in [4.69, 9.17) is 11.6 Å². The molecular weight excluding hydrogens is 400 g/mol. The smallest absolute Gasteiger partial charge is 0.281 e. The fourth-order valence-electron chi connectivity index (χ4n) is 4.73. The summed E-state index contributed by atoms with van der Waals surface area (Å²) in [5, 5.41) is 17.9. The first-order chi connectivity index (χ1) is 12.6. The Morgan fingerprint density at radius 3 is 2.56 bits per heavy atom. The van der Waals surface area contributed by atoms with Crippen LogP contribution in [0, 0.1) is 17.8 Å². The van der Waals surface area contributed by atoms with E-state index in [2.05, 4.69) is 10.2 Å². The van der Waals surface area contributed by atoms with Gasteiger partial charge in [0.15, 0.2) is 0 Å². The monoisotopic (exact) mass is 419 g/mol. The maximum absolute atomic E-state index is 15.4. The fraction of sp³-hybridized carbons (Fsp3) is 0.588. The molecule has 2 aromatic rings. The fourth-order valence-corrected chi connectivity index (χ4v) is 5.89. The highest BCUT2D eigenvalue weighted by atomic mass is 35.5.